The topological polar surface area (TPSA) is 59.4 Å². The number of aliphatic carboxylic acids is 1. The summed E-state index contributed by atoms with van der Waals surface area (Å²) in [5.74, 6) is -0.135. The van der Waals surface area contributed by atoms with Gasteiger partial charge in [-0.15, -0.1) is 0 Å². The van der Waals surface area contributed by atoms with E-state index in [1.54, 1.807) is 18.3 Å². The van der Waals surface area contributed by atoms with Gasteiger partial charge in [-0.05, 0) is 24.6 Å². The van der Waals surface area contributed by atoms with Gasteiger partial charge in [0.25, 0.3) is 0 Å². The summed E-state index contributed by atoms with van der Waals surface area (Å²) in [6, 6.07) is 3.69. The Bertz CT molecular complexity index is 443. The first-order valence-corrected chi connectivity index (χ1v) is 7.70. The van der Waals surface area contributed by atoms with E-state index in [9.17, 15) is 4.79 Å². The van der Waals surface area contributed by atoms with Crippen molar-refractivity contribution < 1.29 is 14.6 Å². The summed E-state index contributed by atoms with van der Waals surface area (Å²) in [4.78, 5) is 14.7. The molecule has 1 aromatic heterocycles. The predicted octanol–water partition coefficient (Wildman–Crippen LogP) is 4.31. The normalized spacial score (nSPS) is 10.9. The van der Waals surface area contributed by atoms with Crippen molar-refractivity contribution in [3.63, 3.8) is 0 Å². The fourth-order valence-electron chi connectivity index (χ4n) is 1.99. The number of hydrogen-bond acceptors (Lipinski definition) is 3. The van der Waals surface area contributed by atoms with E-state index < -0.39 is 5.97 Å². The molecule has 21 heavy (non-hydrogen) atoms. The quantitative estimate of drug-likeness (QED) is 0.617. The maximum atomic E-state index is 10.5. The SMILES string of the molecule is CCCCCCCCOc1cccnc1/C=C/CC(=O)O. The first kappa shape index (κ1) is 17.2. The van der Waals surface area contributed by atoms with Gasteiger partial charge in [0.05, 0.1) is 13.0 Å². The molecule has 1 rings (SSSR count). The van der Waals surface area contributed by atoms with E-state index in [1.165, 1.54) is 32.1 Å². The Morgan fingerprint density at radius 2 is 2.05 bits per heavy atom. The minimum Gasteiger partial charge on any atom is -0.491 e. The predicted molar refractivity (Wildman–Crippen MR) is 84.4 cm³/mol. The summed E-state index contributed by atoms with van der Waals surface area (Å²) in [7, 11) is 0. The first-order chi connectivity index (χ1) is 10.2. The van der Waals surface area contributed by atoms with Gasteiger partial charge in [0, 0.05) is 6.20 Å². The van der Waals surface area contributed by atoms with E-state index in [1.807, 2.05) is 12.1 Å². The van der Waals surface area contributed by atoms with Crippen LogP contribution in [-0.2, 0) is 4.79 Å². The van der Waals surface area contributed by atoms with Gasteiger partial charge in [-0.25, -0.2) is 0 Å². The van der Waals surface area contributed by atoms with E-state index in [2.05, 4.69) is 11.9 Å². The van der Waals surface area contributed by atoms with E-state index in [-0.39, 0.29) is 6.42 Å². The first-order valence-electron chi connectivity index (χ1n) is 7.70. The van der Waals surface area contributed by atoms with Gasteiger partial charge in [0.1, 0.15) is 11.4 Å². The van der Waals surface area contributed by atoms with Crippen LogP contribution >= 0.6 is 0 Å². The van der Waals surface area contributed by atoms with Gasteiger partial charge in [-0.1, -0.05) is 45.1 Å². The molecule has 4 nitrogen and oxygen atoms in total. The molecule has 4 heteroatoms. The number of carbonyl (C=O) groups is 1. The maximum absolute atomic E-state index is 10.5. The Balaban J connectivity index is 2.34. The van der Waals surface area contributed by atoms with Crippen molar-refractivity contribution in [2.45, 2.75) is 51.9 Å². The van der Waals surface area contributed by atoms with Gasteiger partial charge in [-0.2, -0.15) is 0 Å². The van der Waals surface area contributed by atoms with Crippen LogP contribution in [0.3, 0.4) is 0 Å². The number of unbranched alkanes of at least 4 members (excludes halogenated alkanes) is 5. The number of hydrogen-bond donors (Lipinski definition) is 1. The molecule has 0 unspecified atom stereocenters. The Hall–Kier alpha value is -1.84. The molecule has 0 fully saturated rings. The average molecular weight is 291 g/mol. The van der Waals surface area contributed by atoms with Crippen molar-refractivity contribution in [1.29, 1.82) is 0 Å². The maximum Gasteiger partial charge on any atom is 0.307 e. The lowest BCUT2D eigenvalue weighted by Crippen LogP contribution is -2.00. The Morgan fingerprint density at radius 3 is 2.81 bits per heavy atom. The summed E-state index contributed by atoms with van der Waals surface area (Å²) < 4.78 is 5.74. The fourth-order valence-corrected chi connectivity index (χ4v) is 1.99. The number of rotatable bonds is 11. The molecule has 1 N–H and O–H groups in total. The third-order valence-electron chi connectivity index (χ3n) is 3.12. The molecule has 1 aromatic rings. The summed E-state index contributed by atoms with van der Waals surface area (Å²) in [6.45, 7) is 2.89. The summed E-state index contributed by atoms with van der Waals surface area (Å²) in [5, 5.41) is 8.62. The second-order valence-electron chi connectivity index (χ2n) is 5.00. The van der Waals surface area contributed by atoms with Crippen LogP contribution in [0.1, 0.15) is 57.6 Å². The highest BCUT2D eigenvalue weighted by atomic mass is 16.5. The molecule has 0 aliphatic heterocycles. The molecule has 0 bridgehead atoms. The largest absolute Gasteiger partial charge is 0.491 e. The highest BCUT2D eigenvalue weighted by molar-refractivity contribution is 5.70. The monoisotopic (exact) mass is 291 g/mol. The second-order valence-corrected chi connectivity index (χ2v) is 5.00. The molecule has 0 spiro atoms. The lowest BCUT2D eigenvalue weighted by molar-refractivity contribution is -0.135. The number of aromatic nitrogens is 1. The van der Waals surface area contributed by atoms with Crippen LogP contribution in [-0.4, -0.2) is 22.7 Å². The van der Waals surface area contributed by atoms with Crippen molar-refractivity contribution in [2.24, 2.45) is 0 Å². The second kappa shape index (κ2) is 10.9. The zero-order chi connectivity index (χ0) is 15.3. The molecule has 0 aliphatic carbocycles. The summed E-state index contributed by atoms with van der Waals surface area (Å²) >= 11 is 0. The molecule has 0 saturated carbocycles. The van der Waals surface area contributed by atoms with E-state index in [0.29, 0.717) is 18.1 Å². The zero-order valence-corrected chi connectivity index (χ0v) is 12.8. The van der Waals surface area contributed by atoms with Gasteiger partial charge >= 0.3 is 5.97 Å². The zero-order valence-electron chi connectivity index (χ0n) is 12.8. The van der Waals surface area contributed by atoms with Crippen LogP contribution in [0, 0.1) is 0 Å². The molecular formula is C17H25NO3. The molecule has 116 valence electrons. The third kappa shape index (κ3) is 8.12. The van der Waals surface area contributed by atoms with Crippen LogP contribution < -0.4 is 4.74 Å². The highest BCUT2D eigenvalue weighted by Crippen LogP contribution is 2.17. The van der Waals surface area contributed by atoms with Crippen LogP contribution in [0.5, 0.6) is 5.75 Å². The standard InChI is InChI=1S/C17H25NO3/c1-2-3-4-5-6-7-14-21-16-11-9-13-18-15(16)10-8-12-17(19)20/h8-11,13H,2-7,12,14H2,1H3,(H,19,20)/b10-8+. The fraction of sp³-hybridized carbons (Fsp3) is 0.529. The molecule has 0 atom stereocenters. The highest BCUT2D eigenvalue weighted by Gasteiger charge is 2.01. The lowest BCUT2D eigenvalue weighted by Gasteiger charge is -2.08. The third-order valence-corrected chi connectivity index (χ3v) is 3.12. The average Bonchev–Trinajstić information content (AvgIpc) is 2.47. The Morgan fingerprint density at radius 1 is 1.29 bits per heavy atom. The van der Waals surface area contributed by atoms with Crippen molar-refractivity contribution in [1.82, 2.24) is 4.98 Å². The van der Waals surface area contributed by atoms with E-state index >= 15 is 0 Å². The van der Waals surface area contributed by atoms with Gasteiger partial charge in [0.15, 0.2) is 0 Å². The Labute approximate surface area is 126 Å². The molecule has 0 radical (unpaired) electrons. The van der Waals surface area contributed by atoms with Crippen molar-refractivity contribution >= 4 is 12.0 Å². The number of carboxylic acids is 1. The van der Waals surface area contributed by atoms with Gasteiger partial charge in [0.2, 0.25) is 0 Å². The molecular weight excluding hydrogens is 266 g/mol. The molecule has 0 aliphatic rings. The number of pyridine rings is 1. The number of carboxylic acid groups (broad SMARTS) is 1. The Kier molecular flexibility index (Phi) is 8.93. The summed E-state index contributed by atoms with van der Waals surface area (Å²) in [6.07, 6.45) is 12.3. The van der Waals surface area contributed by atoms with Crippen LogP contribution in [0.15, 0.2) is 24.4 Å². The van der Waals surface area contributed by atoms with Crippen molar-refractivity contribution in [3.05, 3.63) is 30.1 Å². The van der Waals surface area contributed by atoms with E-state index in [4.69, 9.17) is 9.84 Å². The van der Waals surface area contributed by atoms with E-state index in [0.717, 1.165) is 6.42 Å². The van der Waals surface area contributed by atoms with Crippen molar-refractivity contribution in [2.75, 3.05) is 6.61 Å². The summed E-state index contributed by atoms with van der Waals surface area (Å²) in [5.41, 5.74) is 0.685. The molecule has 1 heterocycles. The molecule has 0 amide bonds. The molecule has 0 aromatic carbocycles. The lowest BCUT2D eigenvalue weighted by atomic mass is 10.1. The van der Waals surface area contributed by atoms with Crippen LogP contribution in [0.4, 0.5) is 0 Å². The van der Waals surface area contributed by atoms with Crippen LogP contribution in [0.2, 0.25) is 0 Å². The van der Waals surface area contributed by atoms with Crippen LogP contribution in [0.25, 0.3) is 6.08 Å². The number of ether oxygens (including phenoxy) is 1. The van der Waals surface area contributed by atoms with Gasteiger partial charge < -0.3 is 9.84 Å². The van der Waals surface area contributed by atoms with Crippen molar-refractivity contribution in [3.8, 4) is 5.75 Å². The minimum atomic E-state index is -0.850. The molecule has 0 saturated heterocycles. The van der Waals surface area contributed by atoms with Gasteiger partial charge in [-0.3, -0.25) is 9.78 Å². The smallest absolute Gasteiger partial charge is 0.307 e. The number of nitrogens with zero attached hydrogens (tertiary/aromatic N) is 1. The minimum absolute atomic E-state index is 0.00651.